The number of nitrogens with zero attached hydrogens (tertiary/aromatic N) is 2. The number of amides is 1. The summed E-state index contributed by atoms with van der Waals surface area (Å²) in [5, 5.41) is 3.50. The molecule has 3 saturated heterocycles. The number of rotatable bonds is 4. The molecule has 3 heterocycles. The van der Waals surface area contributed by atoms with Crippen molar-refractivity contribution >= 4 is 5.91 Å². The molecule has 3 fully saturated rings. The van der Waals surface area contributed by atoms with E-state index in [1.165, 1.54) is 44.1 Å². The molecule has 1 N–H and O–H groups in total. The maximum absolute atomic E-state index is 13.8. The van der Waals surface area contributed by atoms with Crippen molar-refractivity contribution < 1.29 is 4.79 Å². The van der Waals surface area contributed by atoms with Crippen molar-refractivity contribution in [1.29, 1.82) is 0 Å². The molecule has 1 aromatic carbocycles. The van der Waals surface area contributed by atoms with Crippen LogP contribution in [-0.4, -0.2) is 60.0 Å². The van der Waals surface area contributed by atoms with Crippen molar-refractivity contribution in [2.45, 2.75) is 69.4 Å². The van der Waals surface area contributed by atoms with Crippen LogP contribution in [0.15, 0.2) is 30.3 Å². The lowest BCUT2D eigenvalue weighted by Crippen LogP contribution is -2.67. The Morgan fingerprint density at radius 3 is 2.41 bits per heavy atom. The second-order valence-corrected chi connectivity index (χ2v) is 8.67. The van der Waals surface area contributed by atoms with E-state index >= 15 is 0 Å². The maximum atomic E-state index is 13.8. The van der Waals surface area contributed by atoms with Crippen LogP contribution in [-0.2, 0) is 11.2 Å². The first kappa shape index (κ1) is 18.9. The maximum Gasteiger partial charge on any atom is 0.243 e. The monoisotopic (exact) mass is 369 g/mol. The van der Waals surface area contributed by atoms with Gasteiger partial charge in [-0.2, -0.15) is 0 Å². The van der Waals surface area contributed by atoms with Gasteiger partial charge in [0.25, 0.3) is 0 Å². The molecule has 3 aliphatic heterocycles. The van der Waals surface area contributed by atoms with Crippen LogP contribution in [0.1, 0.15) is 56.9 Å². The highest BCUT2D eigenvalue weighted by atomic mass is 16.2. The molecule has 1 atom stereocenters. The van der Waals surface area contributed by atoms with E-state index < -0.39 is 0 Å². The number of nitrogens with one attached hydrogen (secondary N) is 1. The minimum Gasteiger partial charge on any atom is -0.341 e. The summed E-state index contributed by atoms with van der Waals surface area (Å²) in [5.74, 6) is 0.434. The van der Waals surface area contributed by atoms with Crippen LogP contribution in [0, 0.1) is 0 Å². The van der Waals surface area contributed by atoms with Gasteiger partial charge in [0, 0.05) is 19.1 Å². The number of hydrogen-bond acceptors (Lipinski definition) is 3. The Bertz CT molecular complexity index is 605. The van der Waals surface area contributed by atoms with E-state index in [1.54, 1.807) is 0 Å². The molecule has 4 rings (SSSR count). The average molecular weight is 370 g/mol. The van der Waals surface area contributed by atoms with Crippen LogP contribution in [0.25, 0.3) is 0 Å². The molecule has 0 aliphatic carbocycles. The van der Waals surface area contributed by atoms with E-state index in [1.807, 2.05) is 0 Å². The Labute approximate surface area is 164 Å². The van der Waals surface area contributed by atoms with E-state index in [2.05, 4.69) is 45.4 Å². The smallest absolute Gasteiger partial charge is 0.243 e. The van der Waals surface area contributed by atoms with Gasteiger partial charge in [0.15, 0.2) is 0 Å². The minimum absolute atomic E-state index is 0.275. The fourth-order valence-corrected chi connectivity index (χ4v) is 5.52. The third-order valence-electron chi connectivity index (χ3n) is 6.96. The van der Waals surface area contributed by atoms with E-state index in [0.717, 1.165) is 52.0 Å². The van der Waals surface area contributed by atoms with Gasteiger partial charge >= 0.3 is 0 Å². The van der Waals surface area contributed by atoms with Crippen molar-refractivity contribution in [1.82, 2.24) is 15.1 Å². The van der Waals surface area contributed by atoms with Gasteiger partial charge in [-0.25, -0.2) is 0 Å². The topological polar surface area (TPSA) is 35.6 Å². The van der Waals surface area contributed by atoms with Gasteiger partial charge in [0.1, 0.15) is 5.54 Å². The zero-order valence-electron chi connectivity index (χ0n) is 16.7. The number of carbonyl (C=O) groups is 1. The summed E-state index contributed by atoms with van der Waals surface area (Å²) in [7, 11) is 0. The van der Waals surface area contributed by atoms with Crippen molar-refractivity contribution in [2.24, 2.45) is 0 Å². The molecule has 4 heteroatoms. The second kappa shape index (κ2) is 8.74. The first-order chi connectivity index (χ1) is 13.3. The van der Waals surface area contributed by atoms with Gasteiger partial charge < -0.3 is 10.2 Å². The van der Waals surface area contributed by atoms with E-state index in [4.69, 9.17) is 0 Å². The normalized spacial score (nSPS) is 26.7. The van der Waals surface area contributed by atoms with Crippen molar-refractivity contribution in [3.63, 3.8) is 0 Å². The molecule has 4 nitrogen and oxygen atoms in total. The van der Waals surface area contributed by atoms with E-state index in [0.29, 0.717) is 11.9 Å². The molecule has 3 aliphatic rings. The van der Waals surface area contributed by atoms with Crippen LogP contribution in [0.4, 0.5) is 0 Å². The standard InChI is InChI=1S/C23H35N3O/c27-22(25-16-6-2-7-17-25)23(12-14-24-15-13-23)26-18-8-5-11-21(26)19-20-9-3-1-4-10-20/h1,3-4,9-10,21,24H,2,5-8,11-19H2. The van der Waals surface area contributed by atoms with Gasteiger partial charge in [-0.05, 0) is 76.6 Å². The van der Waals surface area contributed by atoms with Crippen LogP contribution < -0.4 is 5.32 Å². The highest BCUT2D eigenvalue weighted by molar-refractivity contribution is 5.87. The average Bonchev–Trinajstić information content (AvgIpc) is 2.75. The first-order valence-electron chi connectivity index (χ1n) is 11.1. The quantitative estimate of drug-likeness (QED) is 0.885. The van der Waals surface area contributed by atoms with Gasteiger partial charge in [-0.3, -0.25) is 9.69 Å². The Morgan fingerprint density at radius 2 is 1.67 bits per heavy atom. The van der Waals surface area contributed by atoms with Crippen LogP contribution in [0.5, 0.6) is 0 Å². The van der Waals surface area contributed by atoms with Gasteiger partial charge in [-0.1, -0.05) is 36.8 Å². The zero-order valence-corrected chi connectivity index (χ0v) is 16.7. The Kier molecular flexibility index (Phi) is 6.14. The minimum atomic E-state index is -0.275. The lowest BCUT2D eigenvalue weighted by Gasteiger charge is -2.52. The van der Waals surface area contributed by atoms with Crippen molar-refractivity contribution in [3.05, 3.63) is 35.9 Å². The molecule has 1 amide bonds. The van der Waals surface area contributed by atoms with Crippen LogP contribution in [0.2, 0.25) is 0 Å². The Morgan fingerprint density at radius 1 is 0.963 bits per heavy atom. The highest BCUT2D eigenvalue weighted by Gasteiger charge is 2.49. The summed E-state index contributed by atoms with van der Waals surface area (Å²) >= 11 is 0. The Balaban J connectivity index is 1.59. The zero-order chi connectivity index (χ0) is 18.5. The largest absolute Gasteiger partial charge is 0.341 e. The van der Waals surface area contributed by atoms with Crippen molar-refractivity contribution in [3.8, 4) is 0 Å². The molecule has 0 aromatic heterocycles. The van der Waals surface area contributed by atoms with Gasteiger partial charge in [-0.15, -0.1) is 0 Å². The molecule has 0 spiro atoms. The number of piperidine rings is 3. The van der Waals surface area contributed by atoms with Crippen molar-refractivity contribution in [2.75, 3.05) is 32.7 Å². The predicted molar refractivity (Wildman–Crippen MR) is 110 cm³/mol. The third-order valence-corrected chi connectivity index (χ3v) is 6.96. The van der Waals surface area contributed by atoms with E-state index in [-0.39, 0.29) is 5.54 Å². The fraction of sp³-hybridized carbons (Fsp3) is 0.696. The summed E-state index contributed by atoms with van der Waals surface area (Å²) in [6, 6.07) is 11.4. The van der Waals surface area contributed by atoms with Gasteiger partial charge in [0.05, 0.1) is 0 Å². The Hall–Kier alpha value is -1.39. The molecule has 1 aromatic rings. The fourth-order valence-electron chi connectivity index (χ4n) is 5.52. The van der Waals surface area contributed by atoms with E-state index in [9.17, 15) is 4.79 Å². The molecule has 0 radical (unpaired) electrons. The lowest BCUT2D eigenvalue weighted by molar-refractivity contribution is -0.151. The molecule has 27 heavy (non-hydrogen) atoms. The molecule has 0 saturated carbocycles. The number of benzene rings is 1. The molecule has 148 valence electrons. The van der Waals surface area contributed by atoms with Crippen LogP contribution >= 0.6 is 0 Å². The predicted octanol–water partition coefficient (Wildman–Crippen LogP) is 3.22. The highest BCUT2D eigenvalue weighted by Crippen LogP contribution is 2.36. The summed E-state index contributed by atoms with van der Waals surface area (Å²) in [5.41, 5.74) is 1.13. The molecule has 0 bridgehead atoms. The SMILES string of the molecule is O=C(N1CCCCC1)C1(N2CCCCC2Cc2ccccc2)CCNCC1. The number of likely N-dealkylation sites (tertiary alicyclic amines) is 2. The molecule has 1 unspecified atom stereocenters. The molecular weight excluding hydrogens is 334 g/mol. The van der Waals surface area contributed by atoms with Gasteiger partial charge in [0.2, 0.25) is 5.91 Å². The lowest BCUT2D eigenvalue weighted by atomic mass is 9.80. The summed E-state index contributed by atoms with van der Waals surface area (Å²) < 4.78 is 0. The van der Waals surface area contributed by atoms with Crippen LogP contribution in [0.3, 0.4) is 0 Å². The third kappa shape index (κ3) is 4.07. The second-order valence-electron chi connectivity index (χ2n) is 8.67. The summed E-state index contributed by atoms with van der Waals surface area (Å²) in [6.07, 6.45) is 10.4. The summed E-state index contributed by atoms with van der Waals surface area (Å²) in [6.45, 7) is 4.94. The first-order valence-corrected chi connectivity index (χ1v) is 11.1. The summed E-state index contributed by atoms with van der Waals surface area (Å²) in [4.78, 5) is 18.7. The number of carbonyl (C=O) groups excluding carboxylic acids is 1. The number of hydrogen-bond donors (Lipinski definition) is 1. The molecular formula is C23H35N3O.